The number of ether oxygens (including phenoxy) is 1. The van der Waals surface area contributed by atoms with Crippen LogP contribution in [0.25, 0.3) is 0 Å². The molecule has 8 heteroatoms. The Bertz CT molecular complexity index is 792. The van der Waals surface area contributed by atoms with E-state index in [9.17, 15) is 9.59 Å². The van der Waals surface area contributed by atoms with Gasteiger partial charge in [-0.3, -0.25) is 10.1 Å². The van der Waals surface area contributed by atoms with Gasteiger partial charge < -0.3 is 15.4 Å². The van der Waals surface area contributed by atoms with Crippen LogP contribution < -0.4 is 15.8 Å². The Hall–Kier alpha value is -2.61. The molecule has 0 unspecified atom stereocenters. The molecule has 2 rings (SSSR count). The van der Waals surface area contributed by atoms with Crippen LogP contribution in [0.4, 0.5) is 9.80 Å². The maximum absolute atomic E-state index is 11.8. The zero-order valence-electron chi connectivity index (χ0n) is 15.6. The van der Waals surface area contributed by atoms with Crippen LogP contribution in [0, 0.1) is 0 Å². The topological polar surface area (TPSA) is 97.6 Å². The molecule has 0 aliphatic carbocycles. The van der Waals surface area contributed by atoms with Gasteiger partial charge in [-0.15, -0.1) is 0 Å². The molecule has 1 aromatic heterocycles. The number of carbonyl (C=O) groups is 2. The van der Waals surface area contributed by atoms with E-state index in [1.807, 2.05) is 12.1 Å². The predicted octanol–water partition coefficient (Wildman–Crippen LogP) is 3.21. The van der Waals surface area contributed by atoms with E-state index in [2.05, 4.69) is 42.6 Å². The van der Waals surface area contributed by atoms with Gasteiger partial charge in [-0.25, -0.2) is 4.79 Å². The Morgan fingerprint density at radius 2 is 1.85 bits per heavy atom. The zero-order valence-corrected chi connectivity index (χ0v) is 16.4. The Kier molecular flexibility index (Phi) is 5.86. The number of primary amides is 1. The molecule has 0 fully saturated rings. The monoisotopic (exact) mass is 376 g/mol. The quantitative estimate of drug-likeness (QED) is 0.837. The number of urea groups is 1. The van der Waals surface area contributed by atoms with E-state index in [4.69, 9.17) is 10.5 Å². The number of amides is 3. The molecule has 140 valence electrons. The Morgan fingerprint density at radius 1 is 1.23 bits per heavy atom. The first-order valence-corrected chi connectivity index (χ1v) is 8.87. The number of hydrogen-bond acceptors (Lipinski definition) is 5. The molecule has 3 amide bonds. The number of nitrogens with two attached hydrogens (primary N) is 1. The molecule has 1 heterocycles. The average molecular weight is 376 g/mol. The first-order valence-electron chi connectivity index (χ1n) is 8.09. The summed E-state index contributed by atoms with van der Waals surface area (Å²) in [6, 6.07) is 7.69. The van der Waals surface area contributed by atoms with E-state index in [1.165, 1.54) is 10.5 Å². The Morgan fingerprint density at radius 3 is 2.35 bits per heavy atom. The molecular formula is C18H24N4O3S. The number of benzene rings is 1. The van der Waals surface area contributed by atoms with E-state index < -0.39 is 5.91 Å². The summed E-state index contributed by atoms with van der Waals surface area (Å²) >= 11 is 0.957. The number of anilines is 1. The number of carbonyl (C=O) groups excluding carboxylic acids is 2. The smallest absolute Gasteiger partial charge is 0.321 e. The number of aromatic nitrogens is 1. The molecule has 0 spiro atoms. The molecule has 0 saturated carbocycles. The summed E-state index contributed by atoms with van der Waals surface area (Å²) in [4.78, 5) is 24.9. The van der Waals surface area contributed by atoms with Crippen molar-refractivity contribution in [2.75, 3.05) is 19.4 Å². The van der Waals surface area contributed by atoms with E-state index in [-0.39, 0.29) is 34.5 Å². The van der Waals surface area contributed by atoms with Crippen molar-refractivity contribution in [3.8, 4) is 5.88 Å². The highest BCUT2D eigenvalue weighted by molar-refractivity contribution is 7.11. The minimum atomic E-state index is -0.703. The third-order valence-electron chi connectivity index (χ3n) is 3.73. The molecule has 0 aliphatic rings. The predicted molar refractivity (Wildman–Crippen MR) is 103 cm³/mol. The second kappa shape index (κ2) is 7.74. The summed E-state index contributed by atoms with van der Waals surface area (Å²) in [5, 5.41) is 2.87. The minimum absolute atomic E-state index is 0.0764. The first-order chi connectivity index (χ1) is 12.1. The van der Waals surface area contributed by atoms with Crippen LogP contribution in [-0.2, 0) is 12.0 Å². The number of nitrogens with one attached hydrogen (secondary N) is 1. The van der Waals surface area contributed by atoms with Crippen molar-refractivity contribution in [1.29, 1.82) is 0 Å². The van der Waals surface area contributed by atoms with Crippen molar-refractivity contribution in [2.45, 2.75) is 32.8 Å². The summed E-state index contributed by atoms with van der Waals surface area (Å²) in [5.74, 6) is -0.581. The van der Waals surface area contributed by atoms with Crippen molar-refractivity contribution in [3.05, 3.63) is 41.0 Å². The lowest BCUT2D eigenvalue weighted by Gasteiger charge is -2.19. The largest absolute Gasteiger partial charge is 0.472 e. The van der Waals surface area contributed by atoms with Crippen LogP contribution in [0.1, 0.15) is 42.3 Å². The Balaban J connectivity index is 2.13. The van der Waals surface area contributed by atoms with Crippen LogP contribution in [0.5, 0.6) is 5.88 Å². The molecule has 0 radical (unpaired) electrons. The van der Waals surface area contributed by atoms with Crippen LogP contribution >= 0.6 is 11.5 Å². The maximum Gasteiger partial charge on any atom is 0.321 e. The lowest BCUT2D eigenvalue weighted by atomic mass is 9.87. The van der Waals surface area contributed by atoms with Gasteiger partial charge in [-0.2, -0.15) is 4.37 Å². The van der Waals surface area contributed by atoms with Crippen LogP contribution in [0.2, 0.25) is 0 Å². The molecule has 7 nitrogen and oxygen atoms in total. The Labute approximate surface area is 157 Å². The van der Waals surface area contributed by atoms with Crippen molar-refractivity contribution in [2.24, 2.45) is 5.73 Å². The van der Waals surface area contributed by atoms with Gasteiger partial charge in [0.2, 0.25) is 5.88 Å². The van der Waals surface area contributed by atoms with Crippen LogP contribution in [-0.4, -0.2) is 35.3 Å². The molecule has 3 N–H and O–H groups in total. The van der Waals surface area contributed by atoms with Crippen molar-refractivity contribution < 1.29 is 14.3 Å². The third kappa shape index (κ3) is 4.72. The van der Waals surface area contributed by atoms with E-state index >= 15 is 0 Å². The van der Waals surface area contributed by atoms with E-state index in [0.29, 0.717) is 0 Å². The lowest BCUT2D eigenvalue weighted by Crippen LogP contribution is -2.28. The van der Waals surface area contributed by atoms with Gasteiger partial charge >= 0.3 is 6.03 Å². The molecule has 2 aromatic rings. The van der Waals surface area contributed by atoms with Gasteiger partial charge in [0.1, 0.15) is 17.2 Å². The van der Waals surface area contributed by atoms with Crippen molar-refractivity contribution in [3.63, 3.8) is 0 Å². The highest BCUT2D eigenvalue weighted by atomic mass is 32.1. The summed E-state index contributed by atoms with van der Waals surface area (Å²) in [7, 11) is 3.19. The normalized spacial score (nSPS) is 11.1. The molecule has 0 bridgehead atoms. The molecule has 0 saturated heterocycles. The highest BCUT2D eigenvalue weighted by Gasteiger charge is 2.22. The average Bonchev–Trinajstić information content (AvgIpc) is 2.95. The number of rotatable bonds is 5. The van der Waals surface area contributed by atoms with Gasteiger partial charge in [0, 0.05) is 14.1 Å². The van der Waals surface area contributed by atoms with Crippen molar-refractivity contribution >= 4 is 28.5 Å². The molecular weight excluding hydrogens is 352 g/mol. The fourth-order valence-corrected chi connectivity index (χ4v) is 2.87. The van der Waals surface area contributed by atoms with Gasteiger partial charge in [0.15, 0.2) is 0 Å². The summed E-state index contributed by atoms with van der Waals surface area (Å²) in [5.41, 5.74) is 7.76. The summed E-state index contributed by atoms with van der Waals surface area (Å²) in [6.45, 7) is 6.69. The molecule has 1 aromatic carbocycles. The van der Waals surface area contributed by atoms with E-state index in [1.54, 1.807) is 14.1 Å². The van der Waals surface area contributed by atoms with Gasteiger partial charge in [0.25, 0.3) is 5.91 Å². The van der Waals surface area contributed by atoms with Crippen molar-refractivity contribution in [1.82, 2.24) is 9.27 Å². The molecule has 26 heavy (non-hydrogen) atoms. The lowest BCUT2D eigenvalue weighted by molar-refractivity contribution is 0.0996. The fraction of sp³-hybridized carbons (Fsp3) is 0.389. The fourth-order valence-electron chi connectivity index (χ4n) is 2.14. The molecule has 0 aliphatic heterocycles. The zero-order chi connectivity index (χ0) is 19.5. The standard InChI is InChI=1S/C18H24N4O3S/c1-18(2,3)12-8-6-11(7-9-12)10-25-15-13(14(19)23)16(26-21-15)20-17(24)22(4)5/h6-9H,10H2,1-5H3,(H2,19,23)(H,20,24). The highest BCUT2D eigenvalue weighted by Crippen LogP contribution is 2.31. The SMILES string of the molecule is CN(C)C(=O)Nc1snc(OCc2ccc(C(C)(C)C)cc2)c1C(N)=O. The number of nitrogens with zero attached hydrogens (tertiary/aromatic N) is 2. The second-order valence-corrected chi connectivity index (χ2v) is 7.89. The number of hydrogen-bond donors (Lipinski definition) is 2. The molecule has 0 atom stereocenters. The van der Waals surface area contributed by atoms with Gasteiger partial charge in [0.05, 0.1) is 0 Å². The third-order valence-corrected chi connectivity index (χ3v) is 4.48. The minimum Gasteiger partial charge on any atom is -0.472 e. The summed E-state index contributed by atoms with van der Waals surface area (Å²) in [6.07, 6.45) is 0. The van der Waals surface area contributed by atoms with Crippen LogP contribution in [0.15, 0.2) is 24.3 Å². The summed E-state index contributed by atoms with van der Waals surface area (Å²) < 4.78 is 9.77. The maximum atomic E-state index is 11.8. The first kappa shape index (κ1) is 19.7. The van der Waals surface area contributed by atoms with Gasteiger partial charge in [-0.1, -0.05) is 45.0 Å². The van der Waals surface area contributed by atoms with Gasteiger partial charge in [-0.05, 0) is 28.1 Å². The van der Waals surface area contributed by atoms with E-state index in [0.717, 1.165) is 17.1 Å². The second-order valence-electron chi connectivity index (χ2n) is 7.12. The van der Waals surface area contributed by atoms with Crippen LogP contribution in [0.3, 0.4) is 0 Å².